The molecule has 0 heterocycles. The van der Waals surface area contributed by atoms with Gasteiger partial charge in [-0.15, -0.1) is 0 Å². The first kappa shape index (κ1) is 17.7. The third-order valence-electron chi connectivity index (χ3n) is 4.03. The number of hydrogen-bond donors (Lipinski definition) is 2. The summed E-state index contributed by atoms with van der Waals surface area (Å²) < 4.78 is 0. The first-order valence-corrected chi connectivity index (χ1v) is 8.37. The Morgan fingerprint density at radius 1 is 0.957 bits per heavy atom. The van der Waals surface area contributed by atoms with E-state index in [1.165, 1.54) is 0 Å². The average molecular weight is 331 g/mol. The summed E-state index contributed by atoms with van der Waals surface area (Å²) >= 11 is 5.90. The van der Waals surface area contributed by atoms with E-state index in [0.717, 1.165) is 28.7 Å². The van der Waals surface area contributed by atoms with Gasteiger partial charge < -0.3 is 10.2 Å². The van der Waals surface area contributed by atoms with Crippen LogP contribution in [0.3, 0.4) is 0 Å². The van der Waals surface area contributed by atoms with Crippen molar-refractivity contribution >= 4 is 22.7 Å². The highest BCUT2D eigenvalue weighted by atomic mass is 35.5. The molecule has 23 heavy (non-hydrogen) atoms. The molecule has 0 radical (unpaired) electrons. The van der Waals surface area contributed by atoms with Crippen LogP contribution in [0.5, 0.6) is 0 Å². The Balaban J connectivity index is 2.68. The molecule has 0 aromatic heterocycles. The van der Waals surface area contributed by atoms with Gasteiger partial charge >= 0.3 is 0 Å². The highest BCUT2D eigenvalue weighted by Crippen LogP contribution is 2.36. The van der Waals surface area contributed by atoms with Crippen molar-refractivity contribution < 1.29 is 10.2 Å². The third kappa shape index (κ3) is 4.68. The van der Waals surface area contributed by atoms with Crippen molar-refractivity contribution in [1.82, 2.24) is 0 Å². The van der Waals surface area contributed by atoms with E-state index in [1.54, 1.807) is 0 Å². The molecule has 2 aromatic carbocycles. The van der Waals surface area contributed by atoms with Crippen molar-refractivity contribution in [3.8, 4) is 0 Å². The molecule has 2 atom stereocenters. The van der Waals surface area contributed by atoms with Crippen molar-refractivity contribution in [1.29, 1.82) is 0 Å². The maximum absolute atomic E-state index is 9.86. The molecule has 0 fully saturated rings. The van der Waals surface area contributed by atoms with Gasteiger partial charge in [-0.2, -0.15) is 0 Å². The van der Waals surface area contributed by atoms with Gasteiger partial charge in [-0.25, -0.2) is 0 Å². The molecule has 122 valence electrons. The molecule has 3 heteroatoms. The lowest BCUT2D eigenvalue weighted by Crippen LogP contribution is -2.11. The summed E-state index contributed by atoms with van der Waals surface area (Å²) in [4.78, 5) is 0. The zero-order chi connectivity index (χ0) is 16.7. The fourth-order valence-electron chi connectivity index (χ4n) is 2.89. The van der Waals surface area contributed by atoms with Gasteiger partial charge in [-0.1, -0.05) is 79.2 Å². The van der Waals surface area contributed by atoms with Crippen LogP contribution in [0.4, 0.5) is 0 Å². The third-order valence-corrected chi connectivity index (χ3v) is 4.18. The molecule has 0 bridgehead atoms. The molecular weight excluding hydrogens is 308 g/mol. The van der Waals surface area contributed by atoms with Crippen LogP contribution in [-0.2, 0) is 0 Å². The molecule has 0 spiro atoms. The molecule has 0 aliphatic rings. The molecule has 0 aliphatic heterocycles. The van der Waals surface area contributed by atoms with Crippen molar-refractivity contribution in [2.75, 3.05) is 6.61 Å². The second-order valence-electron chi connectivity index (χ2n) is 5.55. The Bertz CT molecular complexity index is 617. The molecule has 0 aliphatic carbocycles. The zero-order valence-corrected chi connectivity index (χ0v) is 14.1. The van der Waals surface area contributed by atoms with Crippen LogP contribution >= 0.6 is 11.6 Å². The topological polar surface area (TPSA) is 40.5 Å². The van der Waals surface area contributed by atoms with Crippen LogP contribution in [0.1, 0.15) is 30.9 Å². The van der Waals surface area contributed by atoms with Gasteiger partial charge in [0, 0.05) is 18.9 Å². The summed E-state index contributed by atoms with van der Waals surface area (Å²) in [5, 5.41) is 19.6. The van der Waals surface area contributed by atoms with Gasteiger partial charge in [0.05, 0.1) is 0 Å². The number of aliphatic hydroxyl groups excluding tert-OH is 2. The van der Waals surface area contributed by atoms with Gasteiger partial charge in [0.2, 0.25) is 0 Å². The van der Waals surface area contributed by atoms with Crippen LogP contribution in [0.2, 0.25) is 0 Å². The molecule has 0 saturated heterocycles. The van der Waals surface area contributed by atoms with Gasteiger partial charge in [0.15, 0.2) is 0 Å². The minimum absolute atomic E-state index is 0.00280. The minimum atomic E-state index is -0.958. The predicted octanol–water partition coefficient (Wildman–Crippen LogP) is 4.56. The lowest BCUT2D eigenvalue weighted by Gasteiger charge is -2.23. The lowest BCUT2D eigenvalue weighted by atomic mass is 9.83. The van der Waals surface area contributed by atoms with E-state index in [-0.39, 0.29) is 12.5 Å². The molecule has 2 unspecified atom stereocenters. The van der Waals surface area contributed by atoms with E-state index >= 15 is 0 Å². The maximum Gasteiger partial charge on any atom is 0.132 e. The molecule has 2 N–H and O–H groups in total. The van der Waals surface area contributed by atoms with E-state index in [0.29, 0.717) is 6.42 Å². The minimum Gasteiger partial charge on any atom is -0.396 e. The molecular formula is C20H23ClO2. The van der Waals surface area contributed by atoms with Crippen molar-refractivity contribution in [3.05, 3.63) is 71.8 Å². The van der Waals surface area contributed by atoms with Crippen LogP contribution in [0.25, 0.3) is 11.1 Å². The summed E-state index contributed by atoms with van der Waals surface area (Å²) in [6.07, 6.45) is 1.15. The van der Waals surface area contributed by atoms with Crippen molar-refractivity contribution in [2.24, 2.45) is 5.92 Å². The molecule has 0 amide bonds. The molecule has 2 aromatic rings. The zero-order valence-electron chi connectivity index (χ0n) is 13.3. The monoisotopic (exact) mass is 330 g/mol. The number of alkyl halides is 1. The summed E-state index contributed by atoms with van der Waals surface area (Å²) in [7, 11) is 0. The Hall–Kier alpha value is -1.61. The highest BCUT2D eigenvalue weighted by molar-refractivity contribution is 6.20. The van der Waals surface area contributed by atoms with E-state index in [9.17, 15) is 10.2 Å². The fraction of sp³-hybridized carbons (Fsp3) is 0.300. The highest BCUT2D eigenvalue weighted by Gasteiger charge is 2.20. The molecule has 2 rings (SSSR count). The summed E-state index contributed by atoms with van der Waals surface area (Å²) in [5.74, 6) is 0.00280. The van der Waals surface area contributed by atoms with Gasteiger partial charge in [0.25, 0.3) is 0 Å². The second kappa shape index (κ2) is 8.88. The van der Waals surface area contributed by atoms with Crippen molar-refractivity contribution in [2.45, 2.75) is 25.3 Å². The van der Waals surface area contributed by atoms with Gasteiger partial charge in [-0.05, 0) is 28.7 Å². The van der Waals surface area contributed by atoms with E-state index in [2.05, 4.69) is 6.92 Å². The normalized spacial score (nSPS) is 15.0. The maximum atomic E-state index is 9.86. The van der Waals surface area contributed by atoms with Crippen LogP contribution in [0.15, 0.2) is 60.7 Å². The van der Waals surface area contributed by atoms with E-state index in [1.807, 2.05) is 60.7 Å². The first-order valence-electron chi connectivity index (χ1n) is 7.94. The Kier molecular flexibility index (Phi) is 6.85. The molecule has 2 nitrogen and oxygen atoms in total. The SMILES string of the molecule is CCC(CO)/C(=C(/CC(O)Cl)c1ccccc1)c1ccccc1. The van der Waals surface area contributed by atoms with E-state index in [4.69, 9.17) is 11.6 Å². The predicted molar refractivity (Wildman–Crippen MR) is 97.0 cm³/mol. The van der Waals surface area contributed by atoms with Gasteiger partial charge in [0.1, 0.15) is 5.56 Å². The van der Waals surface area contributed by atoms with Gasteiger partial charge in [-0.3, -0.25) is 0 Å². The van der Waals surface area contributed by atoms with Crippen molar-refractivity contribution in [3.63, 3.8) is 0 Å². The summed E-state index contributed by atoms with van der Waals surface area (Å²) in [6.45, 7) is 2.12. The van der Waals surface area contributed by atoms with E-state index < -0.39 is 5.56 Å². The number of aliphatic hydroxyl groups is 2. The van der Waals surface area contributed by atoms with Crippen LogP contribution in [-0.4, -0.2) is 22.4 Å². The number of halogens is 1. The number of rotatable bonds is 7. The summed E-state index contributed by atoms with van der Waals surface area (Å²) in [5.41, 5.74) is 3.17. The largest absolute Gasteiger partial charge is 0.396 e. The Morgan fingerprint density at radius 3 is 1.91 bits per heavy atom. The standard InChI is InChI=1S/C20H23ClO2/c1-2-15(14-22)20(17-11-7-4-8-12-17)18(13-19(21)23)16-9-5-3-6-10-16/h3-12,15,19,22-23H,2,13-14H2,1H3/b20-18+. The smallest absolute Gasteiger partial charge is 0.132 e. The number of hydrogen-bond acceptors (Lipinski definition) is 2. The van der Waals surface area contributed by atoms with Crippen LogP contribution in [0, 0.1) is 5.92 Å². The average Bonchev–Trinajstić information content (AvgIpc) is 2.59. The summed E-state index contributed by atoms with van der Waals surface area (Å²) in [6, 6.07) is 20.0. The second-order valence-corrected chi connectivity index (χ2v) is 6.05. The first-order chi connectivity index (χ1) is 11.2. The fourth-order valence-corrected chi connectivity index (χ4v) is 3.04. The lowest BCUT2D eigenvalue weighted by molar-refractivity contribution is 0.252. The quantitative estimate of drug-likeness (QED) is 0.577. The number of benzene rings is 2. The van der Waals surface area contributed by atoms with Crippen LogP contribution < -0.4 is 0 Å². The Morgan fingerprint density at radius 2 is 1.48 bits per heavy atom. The molecule has 0 saturated carbocycles. The Labute approximate surface area is 143 Å².